The zero-order chi connectivity index (χ0) is 15.1. The molecule has 0 aliphatic carbocycles. The van der Waals surface area contributed by atoms with Crippen LogP contribution >= 0.6 is 0 Å². The van der Waals surface area contributed by atoms with Crippen molar-refractivity contribution in [3.8, 4) is 11.8 Å². The van der Waals surface area contributed by atoms with Gasteiger partial charge in [-0.05, 0) is 42.0 Å². The van der Waals surface area contributed by atoms with Gasteiger partial charge in [-0.2, -0.15) is 5.26 Å². The van der Waals surface area contributed by atoms with E-state index in [-0.39, 0.29) is 0 Å². The van der Waals surface area contributed by atoms with Crippen molar-refractivity contribution in [3.05, 3.63) is 59.7 Å². The number of ether oxygens (including phenoxy) is 1. The Labute approximate surface area is 123 Å². The van der Waals surface area contributed by atoms with Gasteiger partial charge in [0, 0.05) is 5.69 Å². The Hall–Kier alpha value is -3.00. The number of benzene rings is 2. The molecule has 2 aromatic carbocycles. The maximum atomic E-state index is 8.84. The number of rotatable bonds is 4. The molecule has 2 aromatic rings. The topological polar surface area (TPSA) is 83.4 Å². The van der Waals surface area contributed by atoms with Crippen LogP contribution < -0.4 is 15.8 Å². The molecule has 0 bridgehead atoms. The molecule has 0 saturated heterocycles. The molecule has 0 radical (unpaired) electrons. The summed E-state index contributed by atoms with van der Waals surface area (Å²) < 4.78 is 5.09. The van der Waals surface area contributed by atoms with Crippen molar-refractivity contribution < 1.29 is 4.74 Å². The number of nitriles is 1. The number of anilines is 1. The van der Waals surface area contributed by atoms with Crippen molar-refractivity contribution in [2.24, 2.45) is 10.7 Å². The molecule has 2 rings (SSSR count). The van der Waals surface area contributed by atoms with Gasteiger partial charge in [-0.3, -0.25) is 0 Å². The van der Waals surface area contributed by atoms with E-state index in [0.717, 1.165) is 17.0 Å². The lowest BCUT2D eigenvalue weighted by molar-refractivity contribution is 0.415. The number of nitrogens with two attached hydrogens (primary N) is 1. The molecule has 0 spiro atoms. The molecule has 0 aliphatic heterocycles. The standard InChI is InChI=1S/C16H16N4O/c1-21-15-7-5-14(6-8-15)20-16(18)19-11-13-4-2-3-12(9-13)10-17/h2-9H,11H2,1H3,(H3,18,19,20). The van der Waals surface area contributed by atoms with Gasteiger partial charge in [-0.15, -0.1) is 0 Å². The molecule has 5 nitrogen and oxygen atoms in total. The van der Waals surface area contributed by atoms with E-state index in [0.29, 0.717) is 18.1 Å². The molecule has 0 aliphatic rings. The van der Waals surface area contributed by atoms with E-state index in [4.69, 9.17) is 15.7 Å². The number of nitrogens with zero attached hydrogens (tertiary/aromatic N) is 2. The number of aliphatic imine (C=N–C) groups is 1. The third-order valence-corrected chi connectivity index (χ3v) is 2.85. The van der Waals surface area contributed by atoms with E-state index in [1.807, 2.05) is 36.4 Å². The first-order chi connectivity index (χ1) is 10.2. The first-order valence-corrected chi connectivity index (χ1v) is 6.41. The lowest BCUT2D eigenvalue weighted by Crippen LogP contribution is -2.22. The van der Waals surface area contributed by atoms with Crippen LogP contribution in [0.3, 0.4) is 0 Å². The third kappa shape index (κ3) is 4.25. The Morgan fingerprint density at radius 3 is 2.71 bits per heavy atom. The summed E-state index contributed by atoms with van der Waals surface area (Å²) in [6.45, 7) is 0.421. The average Bonchev–Trinajstić information content (AvgIpc) is 2.54. The van der Waals surface area contributed by atoms with E-state index >= 15 is 0 Å². The van der Waals surface area contributed by atoms with Crippen molar-refractivity contribution >= 4 is 11.6 Å². The van der Waals surface area contributed by atoms with E-state index < -0.39 is 0 Å². The van der Waals surface area contributed by atoms with Crippen LogP contribution in [0.2, 0.25) is 0 Å². The Morgan fingerprint density at radius 2 is 2.05 bits per heavy atom. The van der Waals surface area contributed by atoms with E-state index in [1.165, 1.54) is 0 Å². The highest BCUT2D eigenvalue weighted by atomic mass is 16.5. The molecule has 5 heteroatoms. The maximum Gasteiger partial charge on any atom is 0.193 e. The Bertz CT molecular complexity index is 671. The monoisotopic (exact) mass is 280 g/mol. The predicted molar refractivity (Wildman–Crippen MR) is 83.1 cm³/mol. The van der Waals surface area contributed by atoms with Crippen molar-refractivity contribution in [2.75, 3.05) is 12.4 Å². The summed E-state index contributed by atoms with van der Waals surface area (Å²) in [4.78, 5) is 4.25. The van der Waals surface area contributed by atoms with Gasteiger partial charge >= 0.3 is 0 Å². The van der Waals surface area contributed by atoms with Gasteiger partial charge in [0.15, 0.2) is 5.96 Å². The molecule has 21 heavy (non-hydrogen) atoms. The van der Waals surface area contributed by atoms with Crippen LogP contribution in [-0.4, -0.2) is 13.1 Å². The molecule has 0 unspecified atom stereocenters. The van der Waals surface area contributed by atoms with Gasteiger partial charge in [0.05, 0.1) is 25.3 Å². The van der Waals surface area contributed by atoms with Crippen LogP contribution in [0.15, 0.2) is 53.5 Å². The minimum absolute atomic E-state index is 0.322. The lowest BCUT2D eigenvalue weighted by atomic mass is 10.1. The number of methoxy groups -OCH3 is 1. The summed E-state index contributed by atoms with van der Waals surface area (Å²) in [6.07, 6.45) is 0. The van der Waals surface area contributed by atoms with E-state index in [1.54, 1.807) is 19.2 Å². The van der Waals surface area contributed by atoms with Gasteiger partial charge in [-0.25, -0.2) is 4.99 Å². The second kappa shape index (κ2) is 6.96. The molecular formula is C16H16N4O. The van der Waals surface area contributed by atoms with Crippen LogP contribution in [0.5, 0.6) is 5.75 Å². The summed E-state index contributed by atoms with van der Waals surface area (Å²) in [5.74, 6) is 1.10. The van der Waals surface area contributed by atoms with Crippen LogP contribution in [0.25, 0.3) is 0 Å². The minimum atomic E-state index is 0.322. The quantitative estimate of drug-likeness (QED) is 0.665. The third-order valence-electron chi connectivity index (χ3n) is 2.85. The van der Waals surface area contributed by atoms with Crippen molar-refractivity contribution in [1.82, 2.24) is 0 Å². The largest absolute Gasteiger partial charge is 0.497 e. The van der Waals surface area contributed by atoms with Crippen molar-refractivity contribution in [2.45, 2.75) is 6.54 Å². The zero-order valence-corrected chi connectivity index (χ0v) is 11.7. The van der Waals surface area contributed by atoms with Gasteiger partial charge in [0.2, 0.25) is 0 Å². The molecule has 0 aromatic heterocycles. The second-order valence-electron chi connectivity index (χ2n) is 4.37. The second-order valence-corrected chi connectivity index (χ2v) is 4.37. The number of hydrogen-bond donors (Lipinski definition) is 2. The smallest absolute Gasteiger partial charge is 0.193 e. The number of nitrogens with one attached hydrogen (secondary N) is 1. The Balaban J connectivity index is 1.98. The Kier molecular flexibility index (Phi) is 4.78. The van der Waals surface area contributed by atoms with Gasteiger partial charge in [0.1, 0.15) is 5.75 Å². The first-order valence-electron chi connectivity index (χ1n) is 6.41. The van der Waals surface area contributed by atoms with Crippen LogP contribution in [0, 0.1) is 11.3 Å². The van der Waals surface area contributed by atoms with Gasteiger partial charge in [0.25, 0.3) is 0 Å². The molecular weight excluding hydrogens is 264 g/mol. The van der Waals surface area contributed by atoms with Crippen LogP contribution in [0.4, 0.5) is 5.69 Å². The molecule has 106 valence electrons. The summed E-state index contributed by atoms with van der Waals surface area (Å²) in [7, 11) is 1.62. The van der Waals surface area contributed by atoms with Crippen molar-refractivity contribution in [3.63, 3.8) is 0 Å². The lowest BCUT2D eigenvalue weighted by Gasteiger charge is -2.06. The fourth-order valence-corrected chi connectivity index (χ4v) is 1.78. The van der Waals surface area contributed by atoms with Gasteiger partial charge < -0.3 is 15.8 Å². The summed E-state index contributed by atoms with van der Waals surface area (Å²) in [5, 5.41) is 11.8. The highest BCUT2D eigenvalue weighted by molar-refractivity contribution is 5.92. The summed E-state index contributed by atoms with van der Waals surface area (Å²) in [5.41, 5.74) is 8.23. The molecule has 0 amide bonds. The maximum absolute atomic E-state index is 8.84. The minimum Gasteiger partial charge on any atom is -0.497 e. The predicted octanol–water partition coefficient (Wildman–Crippen LogP) is 2.49. The average molecular weight is 280 g/mol. The van der Waals surface area contributed by atoms with E-state index in [2.05, 4.69) is 16.4 Å². The molecule has 0 heterocycles. The van der Waals surface area contributed by atoms with Gasteiger partial charge in [-0.1, -0.05) is 12.1 Å². The normalized spacial score (nSPS) is 10.8. The number of hydrogen-bond acceptors (Lipinski definition) is 3. The SMILES string of the molecule is COc1ccc(NC(N)=NCc2cccc(C#N)c2)cc1. The van der Waals surface area contributed by atoms with Crippen molar-refractivity contribution in [1.29, 1.82) is 5.26 Å². The highest BCUT2D eigenvalue weighted by Crippen LogP contribution is 2.14. The zero-order valence-electron chi connectivity index (χ0n) is 11.7. The van der Waals surface area contributed by atoms with Crippen LogP contribution in [-0.2, 0) is 6.54 Å². The number of guanidine groups is 1. The Morgan fingerprint density at radius 1 is 1.29 bits per heavy atom. The molecule has 3 N–H and O–H groups in total. The van der Waals surface area contributed by atoms with Crippen LogP contribution in [0.1, 0.15) is 11.1 Å². The highest BCUT2D eigenvalue weighted by Gasteiger charge is 1.98. The fraction of sp³-hybridized carbons (Fsp3) is 0.125. The summed E-state index contributed by atoms with van der Waals surface area (Å²) >= 11 is 0. The molecule has 0 fully saturated rings. The first kappa shape index (κ1) is 14.4. The fourth-order valence-electron chi connectivity index (χ4n) is 1.78. The molecule has 0 saturated carbocycles. The van der Waals surface area contributed by atoms with E-state index in [9.17, 15) is 0 Å². The summed E-state index contributed by atoms with van der Waals surface area (Å²) in [6, 6.07) is 16.8. The molecule has 0 atom stereocenters.